The standard InChI is InChI=1S/C25H38N4O4/c1-2-3-4-5-6-7-8-9-12-20-14-16-21(17-15-20)24-28-23(33-29-24)19-27-22(30)13-10-11-18-26-25(31)32/h14-17,26H,2-13,18-19H2,1H3,(H,27,30)(H,31,32). The van der Waals surface area contributed by atoms with Crippen LogP contribution in [0.1, 0.15) is 89.0 Å². The van der Waals surface area contributed by atoms with Gasteiger partial charge in [-0.25, -0.2) is 4.79 Å². The highest BCUT2D eigenvalue weighted by Crippen LogP contribution is 2.18. The Morgan fingerprint density at radius 1 is 0.909 bits per heavy atom. The summed E-state index contributed by atoms with van der Waals surface area (Å²) < 4.78 is 5.24. The fourth-order valence-corrected chi connectivity index (χ4v) is 3.60. The van der Waals surface area contributed by atoms with Crippen LogP contribution in [0.25, 0.3) is 11.4 Å². The normalized spacial score (nSPS) is 10.8. The summed E-state index contributed by atoms with van der Waals surface area (Å²) in [5, 5.41) is 17.5. The quantitative estimate of drug-likeness (QED) is 0.270. The highest BCUT2D eigenvalue weighted by molar-refractivity contribution is 5.75. The first-order valence-electron chi connectivity index (χ1n) is 12.2. The van der Waals surface area contributed by atoms with E-state index >= 15 is 0 Å². The van der Waals surface area contributed by atoms with E-state index in [-0.39, 0.29) is 12.5 Å². The zero-order valence-corrected chi connectivity index (χ0v) is 19.8. The minimum absolute atomic E-state index is 0.129. The molecule has 8 nitrogen and oxygen atoms in total. The molecule has 0 aliphatic heterocycles. The van der Waals surface area contributed by atoms with Crippen molar-refractivity contribution in [3.63, 3.8) is 0 Å². The van der Waals surface area contributed by atoms with Crippen molar-refractivity contribution < 1.29 is 19.2 Å². The molecule has 1 aromatic carbocycles. The van der Waals surface area contributed by atoms with Crippen LogP contribution >= 0.6 is 0 Å². The van der Waals surface area contributed by atoms with Gasteiger partial charge >= 0.3 is 6.09 Å². The largest absolute Gasteiger partial charge is 0.465 e. The Morgan fingerprint density at radius 3 is 2.30 bits per heavy atom. The van der Waals surface area contributed by atoms with Crippen LogP contribution in [-0.4, -0.2) is 33.8 Å². The van der Waals surface area contributed by atoms with Gasteiger partial charge in [-0.05, 0) is 31.2 Å². The van der Waals surface area contributed by atoms with E-state index in [4.69, 9.17) is 9.63 Å². The molecule has 0 saturated heterocycles. The number of nitrogens with zero attached hydrogens (tertiary/aromatic N) is 2. The molecule has 8 heteroatoms. The molecule has 0 fully saturated rings. The number of carboxylic acid groups (broad SMARTS) is 1. The molecule has 2 amide bonds. The first-order chi connectivity index (χ1) is 16.1. The SMILES string of the molecule is CCCCCCCCCCc1ccc(-c2noc(CNC(=O)CCCCNC(=O)O)n2)cc1. The fourth-order valence-electron chi connectivity index (χ4n) is 3.60. The van der Waals surface area contributed by atoms with E-state index < -0.39 is 6.09 Å². The number of hydrogen-bond acceptors (Lipinski definition) is 5. The molecular formula is C25H38N4O4. The lowest BCUT2D eigenvalue weighted by molar-refractivity contribution is -0.121. The van der Waals surface area contributed by atoms with Gasteiger partial charge < -0.3 is 20.3 Å². The summed E-state index contributed by atoms with van der Waals surface area (Å²) in [6.07, 6.45) is 12.1. The van der Waals surface area contributed by atoms with Crippen LogP contribution in [0.2, 0.25) is 0 Å². The predicted molar refractivity (Wildman–Crippen MR) is 128 cm³/mol. The van der Waals surface area contributed by atoms with Gasteiger partial charge in [0.25, 0.3) is 0 Å². The van der Waals surface area contributed by atoms with Crippen LogP contribution in [0.3, 0.4) is 0 Å². The number of benzene rings is 1. The first-order valence-corrected chi connectivity index (χ1v) is 12.2. The molecule has 0 aliphatic rings. The maximum absolute atomic E-state index is 11.9. The van der Waals surface area contributed by atoms with Crippen molar-refractivity contribution in [2.75, 3.05) is 6.54 Å². The van der Waals surface area contributed by atoms with E-state index in [9.17, 15) is 9.59 Å². The number of nitrogens with one attached hydrogen (secondary N) is 2. The van der Waals surface area contributed by atoms with Crippen molar-refractivity contribution in [3.05, 3.63) is 35.7 Å². The van der Waals surface area contributed by atoms with Gasteiger partial charge in [-0.15, -0.1) is 0 Å². The van der Waals surface area contributed by atoms with Crippen molar-refractivity contribution >= 4 is 12.0 Å². The summed E-state index contributed by atoms with van der Waals surface area (Å²) >= 11 is 0. The maximum atomic E-state index is 11.9. The van der Waals surface area contributed by atoms with Gasteiger partial charge in [-0.1, -0.05) is 81.3 Å². The number of carbonyl (C=O) groups excluding carboxylic acids is 1. The van der Waals surface area contributed by atoms with Crippen molar-refractivity contribution in [2.45, 2.75) is 90.5 Å². The van der Waals surface area contributed by atoms with E-state index in [0.717, 1.165) is 12.0 Å². The highest BCUT2D eigenvalue weighted by Gasteiger charge is 2.10. The van der Waals surface area contributed by atoms with E-state index in [1.54, 1.807) is 0 Å². The lowest BCUT2D eigenvalue weighted by Gasteiger charge is -2.03. The van der Waals surface area contributed by atoms with E-state index in [1.165, 1.54) is 56.9 Å². The fraction of sp³-hybridized carbons (Fsp3) is 0.600. The van der Waals surface area contributed by atoms with Gasteiger partial charge in [0.1, 0.15) is 0 Å². The first kappa shape index (κ1) is 26.4. The van der Waals surface area contributed by atoms with Crippen LogP contribution in [0.4, 0.5) is 4.79 Å². The number of aryl methyl sites for hydroxylation is 1. The second kappa shape index (κ2) is 15.8. The Hall–Kier alpha value is -2.90. The molecule has 0 spiro atoms. The third kappa shape index (κ3) is 11.5. The molecule has 0 saturated carbocycles. The average Bonchev–Trinajstić information content (AvgIpc) is 3.28. The van der Waals surface area contributed by atoms with Crippen LogP contribution in [0, 0.1) is 0 Å². The molecule has 3 N–H and O–H groups in total. The van der Waals surface area contributed by atoms with E-state index in [0.29, 0.717) is 37.5 Å². The van der Waals surface area contributed by atoms with Crippen LogP contribution in [-0.2, 0) is 17.8 Å². The molecular weight excluding hydrogens is 420 g/mol. The monoisotopic (exact) mass is 458 g/mol. The second-order valence-electron chi connectivity index (χ2n) is 8.40. The molecule has 0 atom stereocenters. The number of amides is 2. The number of unbranched alkanes of at least 4 members (excludes halogenated alkanes) is 8. The third-order valence-electron chi connectivity index (χ3n) is 5.54. The van der Waals surface area contributed by atoms with Gasteiger partial charge in [0.05, 0.1) is 6.54 Å². The molecule has 1 heterocycles. The highest BCUT2D eigenvalue weighted by atomic mass is 16.5. The minimum Gasteiger partial charge on any atom is -0.465 e. The maximum Gasteiger partial charge on any atom is 0.404 e. The van der Waals surface area contributed by atoms with Crippen LogP contribution in [0.15, 0.2) is 28.8 Å². The zero-order valence-electron chi connectivity index (χ0n) is 19.8. The Bertz CT molecular complexity index is 820. The molecule has 0 unspecified atom stereocenters. The molecule has 182 valence electrons. The Balaban J connectivity index is 1.64. The Labute approximate surface area is 196 Å². The van der Waals surface area contributed by atoms with Crippen molar-refractivity contribution in [1.29, 1.82) is 0 Å². The molecule has 1 aromatic heterocycles. The summed E-state index contributed by atoms with van der Waals surface area (Å²) in [5.74, 6) is 0.738. The second-order valence-corrected chi connectivity index (χ2v) is 8.40. The van der Waals surface area contributed by atoms with E-state index in [1.807, 2.05) is 12.1 Å². The molecule has 2 rings (SSSR count). The van der Waals surface area contributed by atoms with Crippen LogP contribution < -0.4 is 10.6 Å². The number of hydrogen-bond donors (Lipinski definition) is 3. The number of carbonyl (C=O) groups is 2. The van der Waals surface area contributed by atoms with Gasteiger partial charge in [-0.3, -0.25) is 4.79 Å². The molecule has 0 bridgehead atoms. The number of aromatic nitrogens is 2. The van der Waals surface area contributed by atoms with Crippen molar-refractivity contribution in [3.8, 4) is 11.4 Å². The third-order valence-corrected chi connectivity index (χ3v) is 5.54. The van der Waals surface area contributed by atoms with E-state index in [2.05, 4.69) is 39.8 Å². The van der Waals surface area contributed by atoms with Gasteiger partial charge in [0, 0.05) is 18.5 Å². The molecule has 0 aliphatic carbocycles. The molecule has 33 heavy (non-hydrogen) atoms. The topological polar surface area (TPSA) is 117 Å². The average molecular weight is 459 g/mol. The lowest BCUT2D eigenvalue weighted by Crippen LogP contribution is -2.24. The van der Waals surface area contributed by atoms with Gasteiger partial charge in [-0.2, -0.15) is 4.98 Å². The van der Waals surface area contributed by atoms with Crippen molar-refractivity contribution in [1.82, 2.24) is 20.8 Å². The smallest absolute Gasteiger partial charge is 0.404 e. The van der Waals surface area contributed by atoms with Crippen molar-refractivity contribution in [2.24, 2.45) is 0 Å². The summed E-state index contributed by atoms with van der Waals surface area (Å²) in [4.78, 5) is 26.6. The molecule has 0 radical (unpaired) electrons. The Kier molecular flexibility index (Phi) is 12.6. The van der Waals surface area contributed by atoms with Gasteiger partial charge in [0.2, 0.25) is 17.6 Å². The summed E-state index contributed by atoms with van der Waals surface area (Å²) in [6, 6.07) is 8.26. The van der Waals surface area contributed by atoms with Crippen LogP contribution in [0.5, 0.6) is 0 Å². The summed E-state index contributed by atoms with van der Waals surface area (Å²) in [7, 11) is 0. The summed E-state index contributed by atoms with van der Waals surface area (Å²) in [6.45, 7) is 2.77. The molecule has 2 aromatic rings. The zero-order chi connectivity index (χ0) is 23.7. The Morgan fingerprint density at radius 2 is 1.61 bits per heavy atom. The van der Waals surface area contributed by atoms with Gasteiger partial charge in [0.15, 0.2) is 0 Å². The predicted octanol–water partition coefficient (Wildman–Crippen LogP) is 5.47. The lowest BCUT2D eigenvalue weighted by atomic mass is 10.0. The number of rotatable bonds is 17. The summed E-state index contributed by atoms with van der Waals surface area (Å²) in [5.41, 5.74) is 2.21. The minimum atomic E-state index is -1.05.